The molecule has 2 aliphatic heterocycles. The average molecular weight is 470 g/mol. The second kappa shape index (κ2) is 11.0. The Morgan fingerprint density at radius 3 is 2.50 bits per heavy atom. The quantitative estimate of drug-likeness (QED) is 0.597. The molecule has 184 valence electrons. The van der Waals surface area contributed by atoms with Gasteiger partial charge in [0, 0.05) is 31.6 Å². The number of likely N-dealkylation sites (tertiary alicyclic amines) is 1. The van der Waals surface area contributed by atoms with Gasteiger partial charge in [0.15, 0.2) is 0 Å². The van der Waals surface area contributed by atoms with Gasteiger partial charge in [-0.3, -0.25) is 9.69 Å². The van der Waals surface area contributed by atoms with E-state index in [-0.39, 0.29) is 18.1 Å². The van der Waals surface area contributed by atoms with Gasteiger partial charge in [-0.15, -0.1) is 0 Å². The predicted molar refractivity (Wildman–Crippen MR) is 130 cm³/mol. The lowest BCUT2D eigenvalue weighted by Crippen LogP contribution is -2.49. The summed E-state index contributed by atoms with van der Waals surface area (Å²) >= 11 is 0. The highest BCUT2D eigenvalue weighted by Gasteiger charge is 2.31. The molecule has 0 spiro atoms. The molecule has 0 N–H and O–H groups in total. The number of amides is 1. The lowest BCUT2D eigenvalue weighted by atomic mass is 10.0. The molecular weight excluding hydrogens is 434 g/mol. The maximum atomic E-state index is 12.6. The molecule has 2 saturated heterocycles. The molecule has 0 bridgehead atoms. The van der Waals surface area contributed by atoms with Crippen molar-refractivity contribution in [1.29, 1.82) is 0 Å². The zero-order chi connectivity index (χ0) is 24.1. The Morgan fingerprint density at radius 1 is 1.00 bits per heavy atom. The van der Waals surface area contributed by atoms with E-state index >= 15 is 0 Å². The van der Waals surface area contributed by atoms with Crippen LogP contribution >= 0.6 is 0 Å². The van der Waals surface area contributed by atoms with Gasteiger partial charge in [-0.1, -0.05) is 18.6 Å². The number of anilines is 1. The van der Waals surface area contributed by atoms with Crippen LogP contribution in [0.15, 0.2) is 18.2 Å². The Hall–Kier alpha value is -2.94. The van der Waals surface area contributed by atoms with Crippen molar-refractivity contribution in [3.05, 3.63) is 29.6 Å². The third kappa shape index (κ3) is 5.24. The standard InChI is InChI=1S/C25H35N5O4/c1-4-33-24(31)20-11-6-7-12-30(20)17-21-26-22-18(3)9-8-10-19(22)23(27-21)28-13-15-29(16-14-28)25(32)34-5-2/h8-10,20H,4-7,11-17H2,1-3H3/t20-/m0/s1. The Bertz CT molecular complexity index is 1020. The normalized spacial score (nSPS) is 19.3. The number of nitrogens with zero attached hydrogens (tertiary/aromatic N) is 5. The van der Waals surface area contributed by atoms with Crippen LogP contribution in [0.4, 0.5) is 10.6 Å². The number of carbonyl (C=O) groups is 2. The molecule has 2 aliphatic rings. The third-order valence-corrected chi connectivity index (χ3v) is 6.58. The van der Waals surface area contributed by atoms with Crippen LogP contribution in [0.3, 0.4) is 0 Å². The number of hydrogen-bond acceptors (Lipinski definition) is 8. The molecule has 0 saturated carbocycles. The van der Waals surface area contributed by atoms with Gasteiger partial charge in [-0.2, -0.15) is 0 Å². The van der Waals surface area contributed by atoms with Gasteiger partial charge in [0.05, 0.1) is 25.3 Å². The largest absolute Gasteiger partial charge is 0.465 e. The topological polar surface area (TPSA) is 88.1 Å². The van der Waals surface area contributed by atoms with Crippen molar-refractivity contribution in [3.63, 3.8) is 0 Å². The first-order chi connectivity index (χ1) is 16.5. The van der Waals surface area contributed by atoms with Crippen LogP contribution in [-0.4, -0.2) is 83.8 Å². The highest BCUT2D eigenvalue weighted by Crippen LogP contribution is 2.28. The molecule has 0 aliphatic carbocycles. The van der Waals surface area contributed by atoms with Crippen molar-refractivity contribution >= 4 is 28.8 Å². The van der Waals surface area contributed by atoms with Crippen LogP contribution in [-0.2, 0) is 20.8 Å². The summed E-state index contributed by atoms with van der Waals surface area (Å²) in [6.45, 7) is 10.3. The van der Waals surface area contributed by atoms with Crippen molar-refractivity contribution in [2.45, 2.75) is 52.6 Å². The molecular formula is C25H35N5O4. The molecule has 1 aromatic heterocycles. The maximum Gasteiger partial charge on any atom is 0.409 e. The summed E-state index contributed by atoms with van der Waals surface area (Å²) in [4.78, 5) is 40.7. The molecule has 1 amide bonds. The first-order valence-corrected chi connectivity index (χ1v) is 12.3. The Kier molecular flexibility index (Phi) is 7.82. The van der Waals surface area contributed by atoms with Crippen LogP contribution in [0.1, 0.15) is 44.5 Å². The van der Waals surface area contributed by atoms with Crippen LogP contribution in [0.25, 0.3) is 10.9 Å². The molecule has 1 aromatic carbocycles. The van der Waals surface area contributed by atoms with Crippen LogP contribution in [0, 0.1) is 6.92 Å². The smallest absolute Gasteiger partial charge is 0.409 e. The first kappa shape index (κ1) is 24.2. The minimum atomic E-state index is -0.263. The second-order valence-electron chi connectivity index (χ2n) is 8.84. The van der Waals surface area contributed by atoms with E-state index in [2.05, 4.69) is 28.9 Å². The minimum absolute atomic E-state index is 0.158. The molecule has 4 rings (SSSR count). The second-order valence-corrected chi connectivity index (χ2v) is 8.84. The van der Waals surface area contributed by atoms with E-state index in [1.807, 2.05) is 19.9 Å². The summed E-state index contributed by atoms with van der Waals surface area (Å²) in [7, 11) is 0. The molecule has 0 unspecified atom stereocenters. The summed E-state index contributed by atoms with van der Waals surface area (Å²) in [6, 6.07) is 5.90. The Balaban J connectivity index is 1.60. The lowest BCUT2D eigenvalue weighted by Gasteiger charge is -2.36. The van der Waals surface area contributed by atoms with E-state index in [0.29, 0.717) is 51.8 Å². The van der Waals surface area contributed by atoms with Crippen molar-refractivity contribution < 1.29 is 19.1 Å². The van der Waals surface area contributed by atoms with Crippen LogP contribution < -0.4 is 4.90 Å². The summed E-state index contributed by atoms with van der Waals surface area (Å²) in [5.74, 6) is 1.44. The van der Waals surface area contributed by atoms with E-state index in [9.17, 15) is 9.59 Å². The minimum Gasteiger partial charge on any atom is -0.465 e. The number of ether oxygens (including phenoxy) is 2. The number of piperazine rings is 1. The molecule has 9 heteroatoms. The van der Waals surface area contributed by atoms with Gasteiger partial charge in [0.1, 0.15) is 17.7 Å². The van der Waals surface area contributed by atoms with Crippen molar-refractivity contribution in [2.75, 3.05) is 50.8 Å². The third-order valence-electron chi connectivity index (χ3n) is 6.58. The van der Waals surface area contributed by atoms with Crippen molar-refractivity contribution in [3.8, 4) is 0 Å². The first-order valence-electron chi connectivity index (χ1n) is 12.3. The summed E-state index contributed by atoms with van der Waals surface area (Å²) in [5.41, 5.74) is 2.02. The van der Waals surface area contributed by atoms with E-state index in [1.54, 1.807) is 4.90 Å². The number of para-hydroxylation sites is 1. The van der Waals surface area contributed by atoms with Gasteiger partial charge in [0.25, 0.3) is 0 Å². The number of esters is 1. The van der Waals surface area contributed by atoms with Crippen molar-refractivity contribution in [2.24, 2.45) is 0 Å². The molecule has 34 heavy (non-hydrogen) atoms. The number of aryl methyl sites for hydroxylation is 1. The SMILES string of the molecule is CCOC(=O)[C@@H]1CCCCN1Cc1nc(N2CCN(C(=O)OCC)CC2)c2cccc(C)c2n1. The van der Waals surface area contributed by atoms with Gasteiger partial charge in [-0.25, -0.2) is 14.8 Å². The Morgan fingerprint density at radius 2 is 1.76 bits per heavy atom. The van der Waals surface area contributed by atoms with Crippen molar-refractivity contribution in [1.82, 2.24) is 19.8 Å². The van der Waals surface area contributed by atoms with E-state index < -0.39 is 0 Å². The highest BCUT2D eigenvalue weighted by molar-refractivity contribution is 5.91. The van der Waals surface area contributed by atoms with Gasteiger partial charge in [0.2, 0.25) is 0 Å². The average Bonchev–Trinajstić information content (AvgIpc) is 2.85. The summed E-state index contributed by atoms with van der Waals surface area (Å²) in [6.07, 6.45) is 2.61. The fraction of sp³-hybridized carbons (Fsp3) is 0.600. The van der Waals surface area contributed by atoms with Gasteiger partial charge >= 0.3 is 12.1 Å². The number of fused-ring (bicyclic) bond motifs is 1. The molecule has 0 radical (unpaired) electrons. The number of rotatable bonds is 6. The predicted octanol–water partition coefficient (Wildman–Crippen LogP) is 3.13. The van der Waals surface area contributed by atoms with Crippen LogP contribution in [0.2, 0.25) is 0 Å². The molecule has 9 nitrogen and oxygen atoms in total. The zero-order valence-corrected chi connectivity index (χ0v) is 20.5. The summed E-state index contributed by atoms with van der Waals surface area (Å²) in [5, 5.41) is 1.01. The number of benzene rings is 1. The highest BCUT2D eigenvalue weighted by atomic mass is 16.6. The fourth-order valence-electron chi connectivity index (χ4n) is 4.82. The molecule has 2 fully saturated rings. The fourth-order valence-corrected chi connectivity index (χ4v) is 4.82. The Labute approximate surface area is 201 Å². The lowest BCUT2D eigenvalue weighted by molar-refractivity contribution is -0.151. The number of carbonyl (C=O) groups excluding carboxylic acids is 2. The maximum absolute atomic E-state index is 12.6. The molecule has 2 aromatic rings. The summed E-state index contributed by atoms with van der Waals surface area (Å²) < 4.78 is 10.5. The van der Waals surface area contributed by atoms with Gasteiger partial charge in [-0.05, 0) is 51.8 Å². The van der Waals surface area contributed by atoms with Crippen LogP contribution in [0.5, 0.6) is 0 Å². The zero-order valence-electron chi connectivity index (χ0n) is 20.5. The van der Waals surface area contributed by atoms with Gasteiger partial charge < -0.3 is 19.3 Å². The number of piperidine rings is 1. The number of aromatic nitrogens is 2. The number of hydrogen-bond donors (Lipinski definition) is 0. The van der Waals surface area contributed by atoms with E-state index in [4.69, 9.17) is 19.4 Å². The molecule has 3 heterocycles. The monoisotopic (exact) mass is 469 g/mol. The van der Waals surface area contributed by atoms with E-state index in [1.165, 1.54) is 0 Å². The molecule has 1 atom stereocenters. The van der Waals surface area contributed by atoms with E-state index in [0.717, 1.165) is 48.1 Å².